The van der Waals surface area contributed by atoms with Gasteiger partial charge in [-0.3, -0.25) is 14.4 Å². The van der Waals surface area contributed by atoms with E-state index in [-0.39, 0.29) is 11.6 Å². The highest BCUT2D eigenvalue weighted by Crippen LogP contribution is 2.17. The van der Waals surface area contributed by atoms with E-state index >= 15 is 0 Å². The molecular weight excluding hydrogens is 260 g/mol. The highest BCUT2D eigenvalue weighted by Gasteiger charge is 2.19. The van der Waals surface area contributed by atoms with E-state index in [1.807, 2.05) is 0 Å². The maximum Gasteiger partial charge on any atom is 0.323 e. The van der Waals surface area contributed by atoms with Crippen LogP contribution in [0.2, 0.25) is 0 Å². The number of carboxylic acid groups (broad SMARTS) is 1. The van der Waals surface area contributed by atoms with Gasteiger partial charge in [0.1, 0.15) is 12.1 Å². The van der Waals surface area contributed by atoms with Gasteiger partial charge in [-0.15, -0.1) is 0 Å². The molecule has 0 bridgehead atoms. The molecule has 0 aliphatic heterocycles. The van der Waals surface area contributed by atoms with Gasteiger partial charge in [-0.2, -0.15) is 0 Å². The van der Waals surface area contributed by atoms with Crippen molar-refractivity contribution in [2.24, 2.45) is 0 Å². The van der Waals surface area contributed by atoms with Gasteiger partial charge < -0.3 is 15.0 Å². The molecular formula is C14H18N2O4. The van der Waals surface area contributed by atoms with Crippen molar-refractivity contribution < 1.29 is 14.7 Å². The van der Waals surface area contributed by atoms with E-state index in [4.69, 9.17) is 5.11 Å². The summed E-state index contributed by atoms with van der Waals surface area (Å²) in [7, 11) is 0. The Morgan fingerprint density at radius 3 is 2.65 bits per heavy atom. The molecule has 20 heavy (non-hydrogen) atoms. The van der Waals surface area contributed by atoms with Gasteiger partial charge in [0.2, 0.25) is 0 Å². The van der Waals surface area contributed by atoms with Gasteiger partial charge >= 0.3 is 5.97 Å². The van der Waals surface area contributed by atoms with Crippen LogP contribution in [0.25, 0.3) is 0 Å². The number of hydrogen-bond donors (Lipinski definition) is 2. The normalized spacial score (nSPS) is 15.8. The lowest BCUT2D eigenvalue weighted by Crippen LogP contribution is -2.40. The molecule has 0 radical (unpaired) electrons. The molecule has 1 aromatic rings. The maximum atomic E-state index is 12.1. The average Bonchev–Trinajstić information content (AvgIpc) is 2.41. The number of rotatable bonds is 4. The van der Waals surface area contributed by atoms with Gasteiger partial charge in [-0.1, -0.05) is 19.3 Å². The van der Waals surface area contributed by atoms with Gasteiger partial charge in [-0.05, 0) is 25.0 Å². The molecule has 1 saturated carbocycles. The van der Waals surface area contributed by atoms with E-state index < -0.39 is 24.0 Å². The van der Waals surface area contributed by atoms with Crippen LogP contribution in [-0.2, 0) is 11.3 Å². The highest BCUT2D eigenvalue weighted by atomic mass is 16.4. The zero-order valence-corrected chi connectivity index (χ0v) is 11.2. The van der Waals surface area contributed by atoms with E-state index in [9.17, 15) is 14.4 Å². The van der Waals surface area contributed by atoms with Crippen molar-refractivity contribution in [3.8, 4) is 0 Å². The zero-order valence-electron chi connectivity index (χ0n) is 11.2. The van der Waals surface area contributed by atoms with Crippen LogP contribution < -0.4 is 10.9 Å². The molecule has 1 aromatic heterocycles. The van der Waals surface area contributed by atoms with E-state index in [1.165, 1.54) is 24.8 Å². The molecule has 6 nitrogen and oxygen atoms in total. The minimum absolute atomic E-state index is 0.000626. The first kappa shape index (κ1) is 14.3. The van der Waals surface area contributed by atoms with E-state index in [0.29, 0.717) is 0 Å². The Hall–Kier alpha value is -2.11. The minimum atomic E-state index is -1.11. The van der Waals surface area contributed by atoms with Crippen molar-refractivity contribution in [3.05, 3.63) is 34.2 Å². The summed E-state index contributed by atoms with van der Waals surface area (Å²) in [4.78, 5) is 34.8. The number of carboxylic acids is 1. The molecule has 1 aliphatic rings. The third-order valence-electron chi connectivity index (χ3n) is 3.51. The van der Waals surface area contributed by atoms with Crippen molar-refractivity contribution in [1.82, 2.24) is 9.88 Å². The molecule has 6 heteroatoms. The fourth-order valence-corrected chi connectivity index (χ4v) is 2.49. The number of amides is 1. The van der Waals surface area contributed by atoms with E-state index in [2.05, 4.69) is 5.32 Å². The number of carbonyl (C=O) groups is 2. The third-order valence-corrected chi connectivity index (χ3v) is 3.51. The SMILES string of the molecule is O=C(O)Cn1cccc(C(=O)NC2CCCCC2)c1=O. The second-order valence-electron chi connectivity index (χ2n) is 5.06. The summed E-state index contributed by atoms with van der Waals surface area (Å²) in [5.74, 6) is -1.53. The van der Waals surface area contributed by atoms with Crippen LogP contribution in [0.15, 0.2) is 23.1 Å². The number of aliphatic carboxylic acids is 1. The summed E-state index contributed by atoms with van der Waals surface area (Å²) < 4.78 is 1.03. The Kier molecular flexibility index (Phi) is 4.55. The fraction of sp³-hybridized carbons (Fsp3) is 0.500. The summed E-state index contributed by atoms with van der Waals surface area (Å²) in [6.07, 6.45) is 6.59. The molecule has 1 aliphatic carbocycles. The topological polar surface area (TPSA) is 88.4 Å². The quantitative estimate of drug-likeness (QED) is 0.859. The largest absolute Gasteiger partial charge is 0.480 e. The van der Waals surface area contributed by atoms with Crippen molar-refractivity contribution in [2.75, 3.05) is 0 Å². The molecule has 0 unspecified atom stereocenters. The second-order valence-corrected chi connectivity index (χ2v) is 5.06. The number of carbonyl (C=O) groups excluding carboxylic acids is 1. The van der Waals surface area contributed by atoms with Gasteiger partial charge in [0.25, 0.3) is 11.5 Å². The minimum Gasteiger partial charge on any atom is -0.480 e. The molecule has 1 fully saturated rings. The Bertz CT molecular complexity index is 559. The number of nitrogens with zero attached hydrogens (tertiary/aromatic N) is 1. The average molecular weight is 278 g/mol. The highest BCUT2D eigenvalue weighted by molar-refractivity contribution is 5.94. The molecule has 0 aromatic carbocycles. The molecule has 2 N–H and O–H groups in total. The van der Waals surface area contributed by atoms with Gasteiger partial charge in [0, 0.05) is 12.2 Å². The van der Waals surface area contributed by atoms with Crippen LogP contribution in [-0.4, -0.2) is 27.6 Å². The fourth-order valence-electron chi connectivity index (χ4n) is 2.49. The number of pyridine rings is 1. The Balaban J connectivity index is 2.13. The predicted octanol–water partition coefficient (Wildman–Crippen LogP) is 0.995. The summed E-state index contributed by atoms with van der Waals surface area (Å²) in [5, 5.41) is 11.6. The van der Waals surface area contributed by atoms with Crippen LogP contribution in [0.3, 0.4) is 0 Å². The number of nitrogens with one attached hydrogen (secondary N) is 1. The van der Waals surface area contributed by atoms with Crippen LogP contribution in [0.1, 0.15) is 42.5 Å². The van der Waals surface area contributed by atoms with Gasteiger partial charge in [0.05, 0.1) is 0 Å². The standard InChI is InChI=1S/C14H18N2O4/c17-12(18)9-16-8-4-7-11(14(16)20)13(19)15-10-5-2-1-3-6-10/h4,7-8,10H,1-3,5-6,9H2,(H,15,19)(H,17,18). The monoisotopic (exact) mass is 278 g/mol. The zero-order chi connectivity index (χ0) is 14.5. The molecule has 0 saturated heterocycles. The summed E-state index contributed by atoms with van der Waals surface area (Å²) >= 11 is 0. The van der Waals surface area contributed by atoms with E-state index in [1.54, 1.807) is 0 Å². The third kappa shape index (κ3) is 3.46. The molecule has 108 valence electrons. The van der Waals surface area contributed by atoms with E-state index in [0.717, 1.165) is 30.3 Å². The van der Waals surface area contributed by atoms with Gasteiger partial charge in [0.15, 0.2) is 0 Å². The van der Waals surface area contributed by atoms with Crippen LogP contribution in [0.5, 0.6) is 0 Å². The van der Waals surface area contributed by atoms with Crippen LogP contribution >= 0.6 is 0 Å². The first-order valence-corrected chi connectivity index (χ1v) is 6.80. The smallest absolute Gasteiger partial charge is 0.323 e. The van der Waals surface area contributed by atoms with Gasteiger partial charge in [-0.25, -0.2) is 0 Å². The first-order chi connectivity index (χ1) is 9.58. The molecule has 1 heterocycles. The van der Waals surface area contributed by atoms with Crippen molar-refractivity contribution in [1.29, 1.82) is 0 Å². The maximum absolute atomic E-state index is 12.1. The van der Waals surface area contributed by atoms with Crippen LogP contribution in [0.4, 0.5) is 0 Å². The summed E-state index contributed by atoms with van der Waals surface area (Å²) in [6, 6.07) is 3.06. The molecule has 1 amide bonds. The molecule has 0 atom stereocenters. The molecule has 2 rings (SSSR count). The van der Waals surface area contributed by atoms with Crippen molar-refractivity contribution >= 4 is 11.9 Å². The predicted molar refractivity (Wildman–Crippen MR) is 72.7 cm³/mol. The lowest BCUT2D eigenvalue weighted by molar-refractivity contribution is -0.137. The first-order valence-electron chi connectivity index (χ1n) is 6.80. The lowest BCUT2D eigenvalue weighted by atomic mass is 9.95. The van der Waals surface area contributed by atoms with Crippen LogP contribution in [0, 0.1) is 0 Å². The number of aromatic nitrogens is 1. The summed E-state index contributed by atoms with van der Waals surface area (Å²) in [5.41, 5.74) is -0.567. The Labute approximate surface area is 116 Å². The summed E-state index contributed by atoms with van der Waals surface area (Å²) in [6.45, 7) is -0.441. The number of hydrogen-bond acceptors (Lipinski definition) is 3. The van der Waals surface area contributed by atoms with Crippen molar-refractivity contribution in [3.63, 3.8) is 0 Å². The molecule has 0 spiro atoms. The Morgan fingerprint density at radius 1 is 1.30 bits per heavy atom. The lowest BCUT2D eigenvalue weighted by Gasteiger charge is -2.22. The Morgan fingerprint density at radius 2 is 2.00 bits per heavy atom. The second kappa shape index (κ2) is 6.36. The van der Waals surface area contributed by atoms with Crippen molar-refractivity contribution in [2.45, 2.75) is 44.7 Å².